The summed E-state index contributed by atoms with van der Waals surface area (Å²) in [5.41, 5.74) is 0. The van der Waals surface area contributed by atoms with Gasteiger partial charge in [0.05, 0.1) is 12.2 Å². The molecule has 10 heavy (non-hydrogen) atoms. The molecule has 0 aliphatic carbocycles. The van der Waals surface area contributed by atoms with E-state index >= 15 is 0 Å². The minimum Gasteiger partial charge on any atom is -0.374 e. The van der Waals surface area contributed by atoms with E-state index in [0.717, 1.165) is 5.33 Å². The van der Waals surface area contributed by atoms with Crippen molar-refractivity contribution in [1.29, 1.82) is 0 Å². The predicted octanol–water partition coefficient (Wildman–Crippen LogP) is 2.73. The van der Waals surface area contributed by atoms with Gasteiger partial charge in [-0.25, -0.2) is 0 Å². The SMILES string of the molecule is CCC[C@H]1CC[C@H](CBr)O1. The molecule has 1 aliphatic rings. The highest BCUT2D eigenvalue weighted by Crippen LogP contribution is 2.23. The molecule has 60 valence electrons. The number of halogens is 1. The van der Waals surface area contributed by atoms with Crippen LogP contribution >= 0.6 is 15.9 Å². The molecule has 0 saturated carbocycles. The van der Waals surface area contributed by atoms with Crippen LogP contribution in [0.25, 0.3) is 0 Å². The Hall–Kier alpha value is 0.440. The maximum absolute atomic E-state index is 5.70. The highest BCUT2D eigenvalue weighted by molar-refractivity contribution is 9.09. The second-order valence-corrected chi connectivity index (χ2v) is 3.55. The van der Waals surface area contributed by atoms with Crippen LogP contribution in [0, 0.1) is 0 Å². The topological polar surface area (TPSA) is 9.23 Å². The third-order valence-corrected chi connectivity index (χ3v) is 2.70. The maximum Gasteiger partial charge on any atom is 0.0676 e. The summed E-state index contributed by atoms with van der Waals surface area (Å²) in [6.45, 7) is 2.21. The molecule has 1 fully saturated rings. The molecule has 0 amide bonds. The minimum absolute atomic E-state index is 0.497. The summed E-state index contributed by atoms with van der Waals surface area (Å²) in [6, 6.07) is 0. The lowest BCUT2D eigenvalue weighted by molar-refractivity contribution is 0.0537. The lowest BCUT2D eigenvalue weighted by Gasteiger charge is -2.09. The molecule has 0 N–H and O–H groups in total. The molecular formula is C8H15BrO. The first-order valence-electron chi connectivity index (χ1n) is 4.08. The van der Waals surface area contributed by atoms with Crippen LogP contribution in [-0.4, -0.2) is 17.5 Å². The van der Waals surface area contributed by atoms with E-state index in [4.69, 9.17) is 4.74 Å². The highest BCUT2D eigenvalue weighted by atomic mass is 79.9. The zero-order chi connectivity index (χ0) is 7.40. The molecule has 2 heteroatoms. The molecular weight excluding hydrogens is 192 g/mol. The second-order valence-electron chi connectivity index (χ2n) is 2.90. The monoisotopic (exact) mass is 206 g/mol. The fourth-order valence-corrected chi connectivity index (χ4v) is 1.90. The second kappa shape index (κ2) is 4.35. The molecule has 2 atom stereocenters. The molecule has 1 nitrogen and oxygen atoms in total. The fraction of sp³-hybridized carbons (Fsp3) is 1.00. The van der Waals surface area contributed by atoms with E-state index in [1.807, 2.05) is 0 Å². The quantitative estimate of drug-likeness (QED) is 0.646. The van der Waals surface area contributed by atoms with Gasteiger partial charge >= 0.3 is 0 Å². The Morgan fingerprint density at radius 2 is 2.10 bits per heavy atom. The van der Waals surface area contributed by atoms with Gasteiger partial charge in [0.2, 0.25) is 0 Å². The lowest BCUT2D eigenvalue weighted by Crippen LogP contribution is -2.11. The third-order valence-electron chi connectivity index (χ3n) is 1.98. The van der Waals surface area contributed by atoms with Gasteiger partial charge in [0.25, 0.3) is 0 Å². The molecule has 0 unspecified atom stereocenters. The zero-order valence-electron chi connectivity index (χ0n) is 6.48. The van der Waals surface area contributed by atoms with Gasteiger partial charge in [-0.05, 0) is 19.3 Å². The molecule has 0 aromatic heterocycles. The number of hydrogen-bond donors (Lipinski definition) is 0. The largest absolute Gasteiger partial charge is 0.374 e. The first-order chi connectivity index (χ1) is 4.86. The van der Waals surface area contributed by atoms with Crippen molar-refractivity contribution in [3.05, 3.63) is 0 Å². The number of alkyl halides is 1. The Labute approximate surface area is 71.3 Å². The standard InChI is InChI=1S/C8H15BrO/c1-2-3-7-4-5-8(6-9)10-7/h7-8H,2-6H2,1H3/t7-,8+/m0/s1. The van der Waals surface area contributed by atoms with Gasteiger partial charge < -0.3 is 4.74 Å². The summed E-state index contributed by atoms with van der Waals surface area (Å²) in [4.78, 5) is 0. The first kappa shape index (κ1) is 8.54. The van der Waals surface area contributed by atoms with Gasteiger partial charge in [-0.2, -0.15) is 0 Å². The number of hydrogen-bond acceptors (Lipinski definition) is 1. The van der Waals surface area contributed by atoms with Gasteiger partial charge in [-0.3, -0.25) is 0 Å². The van der Waals surface area contributed by atoms with Crippen molar-refractivity contribution in [1.82, 2.24) is 0 Å². The summed E-state index contributed by atoms with van der Waals surface area (Å²) in [5, 5.41) is 1.01. The van der Waals surface area contributed by atoms with Crippen molar-refractivity contribution in [3.8, 4) is 0 Å². The van der Waals surface area contributed by atoms with E-state index in [0.29, 0.717) is 12.2 Å². The summed E-state index contributed by atoms with van der Waals surface area (Å²) >= 11 is 3.43. The van der Waals surface area contributed by atoms with Crippen molar-refractivity contribution in [2.24, 2.45) is 0 Å². The molecule has 1 aliphatic heterocycles. The van der Waals surface area contributed by atoms with Crippen molar-refractivity contribution in [2.45, 2.75) is 44.8 Å². The van der Waals surface area contributed by atoms with E-state index in [2.05, 4.69) is 22.9 Å². The molecule has 0 aromatic rings. The van der Waals surface area contributed by atoms with Gasteiger partial charge in [-0.1, -0.05) is 29.3 Å². The van der Waals surface area contributed by atoms with Crippen LogP contribution in [0.3, 0.4) is 0 Å². The molecule has 1 saturated heterocycles. The Morgan fingerprint density at radius 3 is 2.60 bits per heavy atom. The number of rotatable bonds is 3. The van der Waals surface area contributed by atoms with Crippen molar-refractivity contribution in [3.63, 3.8) is 0 Å². The van der Waals surface area contributed by atoms with E-state index in [-0.39, 0.29) is 0 Å². The molecule has 0 bridgehead atoms. The van der Waals surface area contributed by atoms with E-state index in [1.165, 1.54) is 25.7 Å². The molecule has 1 rings (SSSR count). The summed E-state index contributed by atoms with van der Waals surface area (Å²) in [5.74, 6) is 0. The average Bonchev–Trinajstić information content (AvgIpc) is 2.37. The van der Waals surface area contributed by atoms with E-state index in [9.17, 15) is 0 Å². The maximum atomic E-state index is 5.70. The van der Waals surface area contributed by atoms with Crippen molar-refractivity contribution < 1.29 is 4.74 Å². The summed E-state index contributed by atoms with van der Waals surface area (Å²) < 4.78 is 5.70. The van der Waals surface area contributed by atoms with Crippen molar-refractivity contribution >= 4 is 15.9 Å². The normalized spacial score (nSPS) is 33.0. The van der Waals surface area contributed by atoms with Crippen LogP contribution in [0.5, 0.6) is 0 Å². The molecule has 0 spiro atoms. The van der Waals surface area contributed by atoms with Crippen LogP contribution in [-0.2, 0) is 4.74 Å². The number of ether oxygens (including phenoxy) is 1. The third kappa shape index (κ3) is 2.24. The van der Waals surface area contributed by atoms with Gasteiger partial charge in [0, 0.05) is 5.33 Å². The molecule has 0 aromatic carbocycles. The molecule has 1 heterocycles. The van der Waals surface area contributed by atoms with Gasteiger partial charge in [0.15, 0.2) is 0 Å². The van der Waals surface area contributed by atoms with Crippen LogP contribution in [0.1, 0.15) is 32.6 Å². The average molecular weight is 207 g/mol. The zero-order valence-corrected chi connectivity index (χ0v) is 8.06. The Balaban J connectivity index is 2.15. The van der Waals surface area contributed by atoms with Crippen LogP contribution in [0.4, 0.5) is 0 Å². The predicted molar refractivity (Wildman–Crippen MR) is 46.6 cm³/mol. The summed E-state index contributed by atoms with van der Waals surface area (Å²) in [6.07, 6.45) is 6.06. The van der Waals surface area contributed by atoms with E-state index in [1.54, 1.807) is 0 Å². The fourth-order valence-electron chi connectivity index (χ4n) is 1.43. The van der Waals surface area contributed by atoms with Gasteiger partial charge in [-0.15, -0.1) is 0 Å². The van der Waals surface area contributed by atoms with Crippen molar-refractivity contribution in [2.75, 3.05) is 5.33 Å². The molecule has 0 radical (unpaired) electrons. The Bertz CT molecular complexity index is 95.3. The Morgan fingerprint density at radius 1 is 1.40 bits per heavy atom. The van der Waals surface area contributed by atoms with Crippen LogP contribution < -0.4 is 0 Å². The first-order valence-corrected chi connectivity index (χ1v) is 5.20. The Kier molecular flexibility index (Phi) is 3.71. The summed E-state index contributed by atoms with van der Waals surface area (Å²) in [7, 11) is 0. The van der Waals surface area contributed by atoms with Gasteiger partial charge in [0.1, 0.15) is 0 Å². The van der Waals surface area contributed by atoms with Crippen LogP contribution in [0.15, 0.2) is 0 Å². The lowest BCUT2D eigenvalue weighted by atomic mass is 10.1. The minimum atomic E-state index is 0.497. The highest BCUT2D eigenvalue weighted by Gasteiger charge is 2.22. The van der Waals surface area contributed by atoms with E-state index < -0.39 is 0 Å². The smallest absolute Gasteiger partial charge is 0.0676 e. The van der Waals surface area contributed by atoms with Crippen LogP contribution in [0.2, 0.25) is 0 Å².